The Kier molecular flexibility index (Phi) is 7.04. The summed E-state index contributed by atoms with van der Waals surface area (Å²) in [5.74, 6) is 0.955. The van der Waals surface area contributed by atoms with E-state index in [0.717, 1.165) is 25.3 Å². The standard InChI is InChI=1S/C18H29NO2/c1-15(17-11-6-7-12-18(17)20-2)19-13-8-14-21-16-9-4-3-5-10-16/h6-7,11-12,15-16,19H,3-5,8-10,13-14H2,1-2H3. The van der Waals surface area contributed by atoms with Crippen molar-refractivity contribution in [3.8, 4) is 5.75 Å². The second-order valence-electron chi connectivity index (χ2n) is 5.90. The van der Waals surface area contributed by atoms with Gasteiger partial charge in [0.25, 0.3) is 0 Å². The van der Waals surface area contributed by atoms with Gasteiger partial charge in [-0.05, 0) is 38.8 Å². The van der Waals surface area contributed by atoms with Gasteiger partial charge in [-0.15, -0.1) is 0 Å². The van der Waals surface area contributed by atoms with E-state index in [1.165, 1.54) is 37.7 Å². The van der Waals surface area contributed by atoms with Crippen LogP contribution in [0.25, 0.3) is 0 Å². The van der Waals surface area contributed by atoms with Crippen molar-refractivity contribution in [3.63, 3.8) is 0 Å². The van der Waals surface area contributed by atoms with Gasteiger partial charge in [0.15, 0.2) is 0 Å². The fourth-order valence-electron chi connectivity index (χ4n) is 3.01. The SMILES string of the molecule is COc1ccccc1C(C)NCCCOC1CCCCC1. The van der Waals surface area contributed by atoms with Crippen LogP contribution in [0.3, 0.4) is 0 Å². The predicted octanol–water partition coefficient (Wildman–Crippen LogP) is 4.09. The number of rotatable bonds is 8. The average Bonchev–Trinajstić information content (AvgIpc) is 2.55. The third-order valence-corrected chi connectivity index (χ3v) is 4.28. The Morgan fingerprint density at radius 1 is 1.19 bits per heavy atom. The van der Waals surface area contributed by atoms with E-state index < -0.39 is 0 Å². The smallest absolute Gasteiger partial charge is 0.123 e. The quantitative estimate of drug-likeness (QED) is 0.732. The van der Waals surface area contributed by atoms with Crippen LogP contribution < -0.4 is 10.1 Å². The minimum atomic E-state index is 0.302. The molecule has 1 aromatic carbocycles. The van der Waals surface area contributed by atoms with E-state index in [9.17, 15) is 0 Å². The maximum Gasteiger partial charge on any atom is 0.123 e. The second-order valence-corrected chi connectivity index (χ2v) is 5.90. The molecule has 0 saturated heterocycles. The summed E-state index contributed by atoms with van der Waals surface area (Å²) < 4.78 is 11.4. The third-order valence-electron chi connectivity index (χ3n) is 4.28. The van der Waals surface area contributed by atoms with Crippen molar-refractivity contribution in [2.45, 2.75) is 57.6 Å². The Balaban J connectivity index is 1.63. The molecule has 0 aliphatic heterocycles. The lowest BCUT2D eigenvalue weighted by atomic mass is 9.98. The van der Waals surface area contributed by atoms with Gasteiger partial charge in [-0.3, -0.25) is 0 Å². The van der Waals surface area contributed by atoms with E-state index in [-0.39, 0.29) is 0 Å². The zero-order chi connectivity index (χ0) is 14.9. The van der Waals surface area contributed by atoms with Crippen LogP contribution in [0.5, 0.6) is 5.75 Å². The van der Waals surface area contributed by atoms with Crippen LogP contribution in [0.1, 0.15) is 57.1 Å². The Morgan fingerprint density at radius 2 is 1.95 bits per heavy atom. The normalized spacial score (nSPS) is 17.6. The van der Waals surface area contributed by atoms with Gasteiger partial charge in [-0.1, -0.05) is 37.5 Å². The van der Waals surface area contributed by atoms with E-state index in [0.29, 0.717) is 12.1 Å². The first-order valence-electron chi connectivity index (χ1n) is 8.29. The lowest BCUT2D eigenvalue weighted by Gasteiger charge is -2.22. The van der Waals surface area contributed by atoms with Crippen molar-refractivity contribution in [3.05, 3.63) is 29.8 Å². The van der Waals surface area contributed by atoms with Gasteiger partial charge in [-0.25, -0.2) is 0 Å². The fourth-order valence-corrected chi connectivity index (χ4v) is 3.01. The first kappa shape index (κ1) is 16.3. The molecule has 1 saturated carbocycles. The van der Waals surface area contributed by atoms with Crippen LogP contribution in [0.4, 0.5) is 0 Å². The van der Waals surface area contributed by atoms with Crippen LogP contribution in [-0.2, 0) is 4.74 Å². The number of hydrogen-bond donors (Lipinski definition) is 1. The van der Waals surface area contributed by atoms with Gasteiger partial charge in [0.05, 0.1) is 13.2 Å². The maximum atomic E-state index is 5.95. The molecule has 1 N–H and O–H groups in total. The zero-order valence-electron chi connectivity index (χ0n) is 13.4. The Bertz CT molecular complexity index is 402. The van der Waals surface area contributed by atoms with Crippen LogP contribution in [-0.4, -0.2) is 26.4 Å². The second kappa shape index (κ2) is 9.06. The van der Waals surface area contributed by atoms with E-state index >= 15 is 0 Å². The molecule has 1 aliphatic rings. The Labute approximate surface area is 129 Å². The molecule has 0 radical (unpaired) electrons. The summed E-state index contributed by atoms with van der Waals surface area (Å²) in [4.78, 5) is 0. The Morgan fingerprint density at radius 3 is 2.71 bits per heavy atom. The fraction of sp³-hybridized carbons (Fsp3) is 0.667. The Hall–Kier alpha value is -1.06. The molecule has 1 atom stereocenters. The molecule has 2 rings (SSSR count). The molecule has 1 unspecified atom stereocenters. The molecule has 0 spiro atoms. The topological polar surface area (TPSA) is 30.5 Å². The van der Waals surface area contributed by atoms with Gasteiger partial charge in [0.1, 0.15) is 5.75 Å². The van der Waals surface area contributed by atoms with Crippen LogP contribution in [0, 0.1) is 0 Å². The summed E-state index contributed by atoms with van der Waals surface area (Å²) in [6.45, 7) is 4.03. The predicted molar refractivity (Wildman–Crippen MR) is 86.9 cm³/mol. The van der Waals surface area contributed by atoms with E-state index in [4.69, 9.17) is 9.47 Å². The highest BCUT2D eigenvalue weighted by atomic mass is 16.5. The molecule has 1 fully saturated rings. The van der Waals surface area contributed by atoms with Gasteiger partial charge in [0.2, 0.25) is 0 Å². The summed E-state index contributed by atoms with van der Waals surface area (Å²) in [7, 11) is 1.73. The van der Waals surface area contributed by atoms with E-state index in [1.54, 1.807) is 7.11 Å². The minimum Gasteiger partial charge on any atom is -0.496 e. The molecule has 21 heavy (non-hydrogen) atoms. The largest absolute Gasteiger partial charge is 0.496 e. The number of para-hydroxylation sites is 1. The van der Waals surface area contributed by atoms with E-state index in [1.807, 2.05) is 12.1 Å². The molecule has 3 nitrogen and oxygen atoms in total. The monoisotopic (exact) mass is 291 g/mol. The summed E-state index contributed by atoms with van der Waals surface area (Å²) >= 11 is 0. The van der Waals surface area contributed by atoms with Crippen molar-refractivity contribution in [1.82, 2.24) is 5.32 Å². The number of hydrogen-bond acceptors (Lipinski definition) is 3. The van der Waals surface area contributed by atoms with Crippen molar-refractivity contribution in [1.29, 1.82) is 0 Å². The highest BCUT2D eigenvalue weighted by molar-refractivity contribution is 5.35. The highest BCUT2D eigenvalue weighted by Gasteiger charge is 2.13. The highest BCUT2D eigenvalue weighted by Crippen LogP contribution is 2.24. The van der Waals surface area contributed by atoms with Crippen molar-refractivity contribution in [2.24, 2.45) is 0 Å². The molecule has 1 aliphatic carbocycles. The third kappa shape index (κ3) is 5.33. The summed E-state index contributed by atoms with van der Waals surface area (Å²) in [6, 6.07) is 8.50. The van der Waals surface area contributed by atoms with Gasteiger partial charge < -0.3 is 14.8 Å². The number of benzene rings is 1. The maximum absolute atomic E-state index is 5.95. The minimum absolute atomic E-state index is 0.302. The van der Waals surface area contributed by atoms with Gasteiger partial charge >= 0.3 is 0 Å². The van der Waals surface area contributed by atoms with Crippen LogP contribution >= 0.6 is 0 Å². The summed E-state index contributed by atoms with van der Waals surface area (Å²) in [6.07, 6.45) is 8.16. The van der Waals surface area contributed by atoms with Crippen LogP contribution in [0.2, 0.25) is 0 Å². The molecule has 0 amide bonds. The lowest BCUT2D eigenvalue weighted by Crippen LogP contribution is -2.23. The van der Waals surface area contributed by atoms with Crippen molar-refractivity contribution >= 4 is 0 Å². The van der Waals surface area contributed by atoms with Crippen LogP contribution in [0.15, 0.2) is 24.3 Å². The molecule has 0 bridgehead atoms. The van der Waals surface area contributed by atoms with Gasteiger partial charge in [-0.2, -0.15) is 0 Å². The van der Waals surface area contributed by atoms with E-state index in [2.05, 4.69) is 24.4 Å². The molecular formula is C18H29NO2. The number of nitrogens with one attached hydrogen (secondary N) is 1. The number of methoxy groups -OCH3 is 1. The summed E-state index contributed by atoms with van der Waals surface area (Å²) in [5, 5.41) is 3.55. The molecule has 0 heterocycles. The first-order chi connectivity index (χ1) is 10.3. The van der Waals surface area contributed by atoms with Crippen molar-refractivity contribution < 1.29 is 9.47 Å². The molecular weight excluding hydrogens is 262 g/mol. The zero-order valence-corrected chi connectivity index (χ0v) is 13.4. The lowest BCUT2D eigenvalue weighted by molar-refractivity contribution is 0.0271. The molecule has 118 valence electrons. The first-order valence-corrected chi connectivity index (χ1v) is 8.29. The molecule has 3 heteroatoms. The summed E-state index contributed by atoms with van der Waals surface area (Å²) in [5.41, 5.74) is 1.22. The average molecular weight is 291 g/mol. The van der Waals surface area contributed by atoms with Crippen molar-refractivity contribution in [2.75, 3.05) is 20.3 Å². The number of ether oxygens (including phenoxy) is 2. The molecule has 1 aromatic rings. The molecule has 0 aromatic heterocycles. The van der Waals surface area contributed by atoms with Gasteiger partial charge in [0, 0.05) is 18.2 Å².